The number of halogens is 1. The van der Waals surface area contributed by atoms with Crippen LogP contribution in [0.4, 0.5) is 0 Å². The first-order valence-corrected chi connectivity index (χ1v) is 12.4. The summed E-state index contributed by atoms with van der Waals surface area (Å²) < 4.78 is 11.6. The summed E-state index contributed by atoms with van der Waals surface area (Å²) in [4.78, 5) is 26.4. The molecule has 7 nitrogen and oxygen atoms in total. The molecule has 1 amide bonds. The fourth-order valence-electron chi connectivity index (χ4n) is 4.32. The standard InChI is InChI=1S/C29H39N3O4.BrH/c1-28(2,3)20-11-10-18-16-32(27(31)21(18)15-20)17-23(33)19-13-22(29(4,5)6)26(35-7)24(14-19)36-12-8-9-25(30)34;/h10-11,13-15,31H,8-9,12,16-17H2,1-7H3,(H2,30,34);1H. The minimum absolute atomic E-state index is 0. The van der Waals surface area contributed by atoms with Crippen molar-refractivity contribution < 1.29 is 19.1 Å². The van der Waals surface area contributed by atoms with Crippen molar-refractivity contribution in [3.05, 3.63) is 58.1 Å². The normalized spacial score (nSPS) is 13.2. The second-order valence-electron chi connectivity index (χ2n) is 11.5. The number of rotatable bonds is 9. The van der Waals surface area contributed by atoms with Gasteiger partial charge < -0.3 is 20.1 Å². The van der Waals surface area contributed by atoms with E-state index in [1.165, 1.54) is 5.56 Å². The molecule has 1 heterocycles. The van der Waals surface area contributed by atoms with Crippen LogP contribution in [0.5, 0.6) is 11.5 Å². The molecule has 3 rings (SSSR count). The molecule has 202 valence electrons. The van der Waals surface area contributed by atoms with Crippen LogP contribution in [0.25, 0.3) is 0 Å². The number of nitrogens with one attached hydrogen (secondary N) is 1. The third kappa shape index (κ3) is 7.12. The van der Waals surface area contributed by atoms with E-state index >= 15 is 0 Å². The van der Waals surface area contributed by atoms with Crippen LogP contribution >= 0.6 is 17.0 Å². The molecule has 0 atom stereocenters. The monoisotopic (exact) mass is 573 g/mol. The summed E-state index contributed by atoms with van der Waals surface area (Å²) in [7, 11) is 1.58. The highest BCUT2D eigenvalue weighted by atomic mass is 79.9. The molecule has 2 aromatic carbocycles. The van der Waals surface area contributed by atoms with Crippen LogP contribution in [0.15, 0.2) is 30.3 Å². The van der Waals surface area contributed by atoms with Crippen LogP contribution in [0.3, 0.4) is 0 Å². The lowest BCUT2D eigenvalue weighted by Gasteiger charge is -2.25. The highest BCUT2D eigenvalue weighted by molar-refractivity contribution is 8.93. The number of hydrogen-bond acceptors (Lipinski definition) is 5. The van der Waals surface area contributed by atoms with Crippen molar-refractivity contribution in [3.8, 4) is 11.5 Å². The number of amidine groups is 1. The zero-order chi connectivity index (χ0) is 26.8. The molecule has 8 heteroatoms. The molecular weight excluding hydrogens is 534 g/mol. The maximum atomic E-state index is 13.5. The first-order chi connectivity index (χ1) is 16.7. The number of benzene rings is 2. The minimum atomic E-state index is -0.381. The predicted octanol–water partition coefficient (Wildman–Crippen LogP) is 5.54. The minimum Gasteiger partial charge on any atom is -0.493 e. The Labute approximate surface area is 231 Å². The number of hydrogen-bond donors (Lipinski definition) is 2. The van der Waals surface area contributed by atoms with Gasteiger partial charge in [-0.1, -0.05) is 53.7 Å². The van der Waals surface area contributed by atoms with Crippen LogP contribution in [-0.2, 0) is 22.2 Å². The average molecular weight is 575 g/mol. The molecule has 37 heavy (non-hydrogen) atoms. The van der Waals surface area contributed by atoms with E-state index in [-0.39, 0.29) is 59.1 Å². The number of nitrogens with two attached hydrogens (primary N) is 1. The van der Waals surface area contributed by atoms with Gasteiger partial charge in [0, 0.05) is 29.7 Å². The Morgan fingerprint density at radius 1 is 1.05 bits per heavy atom. The van der Waals surface area contributed by atoms with Gasteiger partial charge in [-0.15, -0.1) is 17.0 Å². The molecular formula is C29H40BrN3O4. The molecule has 3 N–H and O–H groups in total. The summed E-state index contributed by atoms with van der Waals surface area (Å²) in [5.41, 5.74) is 9.40. The van der Waals surface area contributed by atoms with E-state index in [2.05, 4.69) is 59.7 Å². The van der Waals surface area contributed by atoms with E-state index in [4.69, 9.17) is 20.6 Å². The van der Waals surface area contributed by atoms with E-state index in [0.29, 0.717) is 35.9 Å². The lowest BCUT2D eigenvalue weighted by atomic mass is 9.84. The molecule has 0 aliphatic carbocycles. The topological polar surface area (TPSA) is 106 Å². The van der Waals surface area contributed by atoms with E-state index < -0.39 is 0 Å². The van der Waals surface area contributed by atoms with Crippen LogP contribution in [0.1, 0.15) is 87.0 Å². The third-order valence-corrected chi connectivity index (χ3v) is 6.46. The Morgan fingerprint density at radius 3 is 2.30 bits per heavy atom. The quantitative estimate of drug-likeness (QED) is 0.303. The first kappa shape index (κ1) is 30.4. The van der Waals surface area contributed by atoms with E-state index in [1.807, 2.05) is 11.0 Å². The third-order valence-electron chi connectivity index (χ3n) is 6.46. The second kappa shape index (κ2) is 11.7. The van der Waals surface area contributed by atoms with Gasteiger partial charge in [-0.25, -0.2) is 0 Å². The number of ketones is 1. The molecule has 0 bridgehead atoms. The van der Waals surface area contributed by atoms with Gasteiger partial charge in [-0.05, 0) is 46.6 Å². The number of primary amides is 1. The number of ether oxygens (including phenoxy) is 2. The summed E-state index contributed by atoms with van der Waals surface area (Å²) >= 11 is 0. The summed E-state index contributed by atoms with van der Waals surface area (Å²) in [6.07, 6.45) is 0.697. The van der Waals surface area contributed by atoms with Gasteiger partial charge in [-0.3, -0.25) is 15.0 Å². The molecule has 0 unspecified atom stereocenters. The van der Waals surface area contributed by atoms with Crippen molar-refractivity contribution in [1.29, 1.82) is 5.41 Å². The van der Waals surface area contributed by atoms with Gasteiger partial charge in [0.15, 0.2) is 17.3 Å². The van der Waals surface area contributed by atoms with Gasteiger partial charge in [0.25, 0.3) is 0 Å². The molecule has 1 aliphatic heterocycles. The van der Waals surface area contributed by atoms with Crippen LogP contribution in [-0.4, -0.2) is 42.7 Å². The van der Waals surface area contributed by atoms with E-state index in [1.54, 1.807) is 13.2 Å². The van der Waals surface area contributed by atoms with E-state index in [9.17, 15) is 9.59 Å². The highest BCUT2D eigenvalue weighted by Gasteiger charge is 2.30. The fraction of sp³-hybridized carbons (Fsp3) is 0.483. The number of Topliss-reactive ketones (excluding diaryl/α,β-unsaturated/α-hetero) is 1. The molecule has 0 saturated heterocycles. The first-order valence-electron chi connectivity index (χ1n) is 12.4. The summed E-state index contributed by atoms with van der Waals surface area (Å²) in [5, 5.41) is 8.73. The van der Waals surface area contributed by atoms with Crippen LogP contribution < -0.4 is 15.2 Å². The van der Waals surface area contributed by atoms with Gasteiger partial charge >= 0.3 is 0 Å². The van der Waals surface area contributed by atoms with Crippen molar-refractivity contribution in [2.24, 2.45) is 5.73 Å². The number of carbonyl (C=O) groups excluding carboxylic acids is 2. The molecule has 2 aromatic rings. The number of fused-ring (bicyclic) bond motifs is 1. The summed E-state index contributed by atoms with van der Waals surface area (Å²) in [6.45, 7) is 13.5. The summed E-state index contributed by atoms with van der Waals surface area (Å²) in [5.74, 6) is 0.936. The van der Waals surface area contributed by atoms with Gasteiger partial charge in [-0.2, -0.15) is 0 Å². The largest absolute Gasteiger partial charge is 0.493 e. The van der Waals surface area contributed by atoms with Crippen molar-refractivity contribution in [1.82, 2.24) is 4.90 Å². The predicted molar refractivity (Wildman–Crippen MR) is 153 cm³/mol. The Kier molecular flexibility index (Phi) is 9.58. The second-order valence-corrected chi connectivity index (χ2v) is 11.5. The molecule has 0 radical (unpaired) electrons. The fourth-order valence-corrected chi connectivity index (χ4v) is 4.32. The Balaban J connectivity index is 0.00000481. The molecule has 1 aliphatic rings. The van der Waals surface area contributed by atoms with Gasteiger partial charge in [0.1, 0.15) is 5.84 Å². The Morgan fingerprint density at radius 2 is 1.73 bits per heavy atom. The van der Waals surface area contributed by atoms with Gasteiger partial charge in [0.05, 0.1) is 20.3 Å². The lowest BCUT2D eigenvalue weighted by Crippen LogP contribution is -2.30. The summed E-state index contributed by atoms with van der Waals surface area (Å²) in [6, 6.07) is 9.81. The lowest BCUT2D eigenvalue weighted by molar-refractivity contribution is -0.118. The number of amides is 1. The van der Waals surface area contributed by atoms with Crippen molar-refractivity contribution in [2.75, 3.05) is 20.3 Å². The molecule has 0 fully saturated rings. The maximum Gasteiger partial charge on any atom is 0.217 e. The Hall–Kier alpha value is -2.87. The van der Waals surface area contributed by atoms with Crippen molar-refractivity contribution in [3.63, 3.8) is 0 Å². The van der Waals surface area contributed by atoms with Crippen LogP contribution in [0.2, 0.25) is 0 Å². The van der Waals surface area contributed by atoms with Crippen LogP contribution in [0, 0.1) is 5.41 Å². The molecule has 0 aromatic heterocycles. The van der Waals surface area contributed by atoms with Crippen molar-refractivity contribution in [2.45, 2.75) is 71.8 Å². The number of nitrogens with zero attached hydrogens (tertiary/aromatic N) is 1. The van der Waals surface area contributed by atoms with Crippen molar-refractivity contribution >= 4 is 34.5 Å². The zero-order valence-corrected chi connectivity index (χ0v) is 24.7. The SMILES string of the molecule is Br.COc1c(OCCCC(N)=O)cc(C(=O)CN2Cc3ccc(C(C)(C)C)cc3C2=N)cc1C(C)(C)C. The Bertz CT molecular complexity index is 1180. The zero-order valence-electron chi connectivity index (χ0n) is 23.0. The van der Waals surface area contributed by atoms with E-state index in [0.717, 1.165) is 16.7 Å². The number of carbonyl (C=O) groups is 2. The highest BCUT2D eigenvalue weighted by Crippen LogP contribution is 2.40. The maximum absolute atomic E-state index is 13.5. The van der Waals surface area contributed by atoms with Gasteiger partial charge in [0.2, 0.25) is 5.91 Å². The average Bonchev–Trinajstić information content (AvgIpc) is 3.09. The molecule has 0 saturated carbocycles. The smallest absolute Gasteiger partial charge is 0.217 e. The molecule has 0 spiro atoms. The number of methoxy groups -OCH3 is 1.